The molecule has 0 bridgehead atoms. The van der Waals surface area contributed by atoms with Gasteiger partial charge in [-0.1, -0.05) is 0 Å². The minimum Gasteiger partial charge on any atom is -0.489 e. The lowest BCUT2D eigenvalue weighted by atomic mass is 9.91. The minimum atomic E-state index is -0.774. The molecule has 1 atom stereocenters. The summed E-state index contributed by atoms with van der Waals surface area (Å²) in [5, 5.41) is 2.62. The molecule has 6 heteroatoms. The quantitative estimate of drug-likeness (QED) is 0.849. The van der Waals surface area contributed by atoms with Crippen LogP contribution < -0.4 is 15.0 Å². The van der Waals surface area contributed by atoms with Crippen molar-refractivity contribution in [2.75, 3.05) is 18.6 Å². The second-order valence-electron chi connectivity index (χ2n) is 7.70. The summed E-state index contributed by atoms with van der Waals surface area (Å²) >= 11 is 0. The molecule has 0 saturated heterocycles. The summed E-state index contributed by atoms with van der Waals surface area (Å²) < 4.78 is 11.1. The van der Waals surface area contributed by atoms with Crippen molar-refractivity contribution in [3.05, 3.63) is 23.3 Å². The molecule has 0 fully saturated rings. The van der Waals surface area contributed by atoms with Gasteiger partial charge >= 0.3 is 6.09 Å². The van der Waals surface area contributed by atoms with E-state index in [1.165, 1.54) is 24.0 Å². The minimum absolute atomic E-state index is 0.0915. The fourth-order valence-corrected chi connectivity index (χ4v) is 3.28. The number of amides is 2. The maximum absolute atomic E-state index is 12.8. The Morgan fingerprint density at radius 2 is 1.88 bits per heavy atom. The van der Waals surface area contributed by atoms with Crippen LogP contribution in [0.25, 0.3) is 0 Å². The van der Waals surface area contributed by atoms with Gasteiger partial charge in [0.1, 0.15) is 24.0 Å². The van der Waals surface area contributed by atoms with E-state index < -0.39 is 17.7 Å². The molecule has 0 unspecified atom stereocenters. The Hall–Kier alpha value is -2.24. The number of likely N-dealkylation sites (N-methyl/N-ethyl adjacent to an activating group) is 1. The molecular weight excluding hydrogens is 320 g/mol. The number of alkyl carbamates (subject to hydrolysis) is 1. The summed E-state index contributed by atoms with van der Waals surface area (Å²) in [4.78, 5) is 26.3. The number of hydrogen-bond donors (Lipinski definition) is 1. The number of nitrogens with one attached hydrogen (secondary N) is 1. The Balaban J connectivity index is 1.80. The van der Waals surface area contributed by atoms with Gasteiger partial charge in [-0.15, -0.1) is 0 Å². The van der Waals surface area contributed by atoms with Crippen molar-refractivity contribution in [2.45, 2.75) is 58.1 Å². The van der Waals surface area contributed by atoms with E-state index in [1.54, 1.807) is 32.7 Å². The Morgan fingerprint density at radius 3 is 2.52 bits per heavy atom. The second kappa shape index (κ2) is 6.58. The number of ether oxygens (including phenoxy) is 2. The van der Waals surface area contributed by atoms with Crippen LogP contribution in [0.15, 0.2) is 12.1 Å². The van der Waals surface area contributed by atoms with Gasteiger partial charge in [0.05, 0.1) is 5.69 Å². The number of aryl methyl sites for hydroxylation is 2. The normalized spacial score (nSPS) is 20.1. The molecule has 136 valence electrons. The third-order valence-electron chi connectivity index (χ3n) is 4.51. The molecule has 2 amide bonds. The summed E-state index contributed by atoms with van der Waals surface area (Å²) in [6.45, 7) is 5.44. The summed E-state index contributed by atoms with van der Waals surface area (Å²) in [6, 6.07) is 3.32. The van der Waals surface area contributed by atoms with Gasteiger partial charge in [-0.25, -0.2) is 4.79 Å². The van der Waals surface area contributed by atoms with Crippen molar-refractivity contribution < 1.29 is 19.1 Å². The molecule has 0 aromatic heterocycles. The van der Waals surface area contributed by atoms with E-state index in [-0.39, 0.29) is 12.5 Å². The molecule has 3 rings (SSSR count). The molecule has 0 radical (unpaired) electrons. The number of rotatable bonds is 1. The molecule has 1 aliphatic heterocycles. The lowest BCUT2D eigenvalue weighted by molar-refractivity contribution is -0.120. The number of fused-ring (bicyclic) bond motifs is 2. The molecule has 0 saturated carbocycles. The van der Waals surface area contributed by atoms with Crippen molar-refractivity contribution in [3.8, 4) is 5.75 Å². The van der Waals surface area contributed by atoms with Gasteiger partial charge in [0.15, 0.2) is 0 Å². The SMILES string of the molecule is CN1C(=O)[C@@H](NC(=O)OC(C)(C)C)COc2cc3c(cc21)CCCC3. The highest BCUT2D eigenvalue weighted by Gasteiger charge is 2.32. The van der Waals surface area contributed by atoms with Crippen LogP contribution in [-0.4, -0.2) is 37.3 Å². The standard InChI is InChI=1S/C19H26N2O4/c1-19(2,3)25-18(23)20-14-11-24-16-10-13-8-6-5-7-12(13)9-15(16)21(4)17(14)22/h9-10,14H,5-8,11H2,1-4H3,(H,20,23)/t14-/m0/s1. The lowest BCUT2D eigenvalue weighted by Gasteiger charge is -2.24. The van der Waals surface area contributed by atoms with Crippen LogP contribution in [0.2, 0.25) is 0 Å². The first kappa shape index (κ1) is 17.6. The van der Waals surface area contributed by atoms with E-state index in [0.717, 1.165) is 18.5 Å². The molecule has 1 aromatic rings. The van der Waals surface area contributed by atoms with Crippen LogP contribution in [0.4, 0.5) is 10.5 Å². The first-order valence-corrected chi connectivity index (χ1v) is 8.80. The maximum atomic E-state index is 12.8. The van der Waals surface area contributed by atoms with Crippen LogP contribution >= 0.6 is 0 Å². The van der Waals surface area contributed by atoms with E-state index in [4.69, 9.17) is 9.47 Å². The van der Waals surface area contributed by atoms with E-state index in [1.807, 2.05) is 6.07 Å². The van der Waals surface area contributed by atoms with Gasteiger partial charge in [-0.05, 0) is 69.7 Å². The van der Waals surface area contributed by atoms with Crippen molar-refractivity contribution in [2.24, 2.45) is 0 Å². The predicted octanol–water partition coefficient (Wildman–Crippen LogP) is 2.81. The zero-order valence-electron chi connectivity index (χ0n) is 15.3. The van der Waals surface area contributed by atoms with E-state index >= 15 is 0 Å². The average molecular weight is 346 g/mol. The Labute approximate surface area is 148 Å². The Morgan fingerprint density at radius 1 is 1.24 bits per heavy atom. The van der Waals surface area contributed by atoms with Crippen molar-refractivity contribution in [1.29, 1.82) is 0 Å². The molecule has 1 heterocycles. The number of carbonyl (C=O) groups excluding carboxylic acids is 2. The van der Waals surface area contributed by atoms with Crippen molar-refractivity contribution in [1.82, 2.24) is 5.32 Å². The van der Waals surface area contributed by atoms with Crippen molar-refractivity contribution >= 4 is 17.7 Å². The zero-order chi connectivity index (χ0) is 18.2. The Bertz CT molecular complexity index is 693. The second-order valence-corrected chi connectivity index (χ2v) is 7.70. The van der Waals surface area contributed by atoms with E-state index in [0.29, 0.717) is 5.75 Å². The number of benzene rings is 1. The number of anilines is 1. The highest BCUT2D eigenvalue weighted by Crippen LogP contribution is 2.36. The molecule has 0 spiro atoms. The average Bonchev–Trinajstić information content (AvgIpc) is 2.64. The maximum Gasteiger partial charge on any atom is 0.408 e. The topological polar surface area (TPSA) is 67.9 Å². The fourth-order valence-electron chi connectivity index (χ4n) is 3.28. The molecule has 2 aliphatic rings. The summed E-state index contributed by atoms with van der Waals surface area (Å²) in [5.74, 6) is 0.491. The first-order chi connectivity index (χ1) is 11.7. The first-order valence-electron chi connectivity index (χ1n) is 8.80. The summed E-state index contributed by atoms with van der Waals surface area (Å²) in [7, 11) is 1.72. The fraction of sp³-hybridized carbons (Fsp3) is 0.579. The molecule has 6 nitrogen and oxygen atoms in total. The van der Waals surface area contributed by atoms with Crippen molar-refractivity contribution in [3.63, 3.8) is 0 Å². The summed E-state index contributed by atoms with van der Waals surface area (Å²) in [6.07, 6.45) is 3.82. The highest BCUT2D eigenvalue weighted by atomic mass is 16.6. The molecule has 1 N–H and O–H groups in total. The van der Waals surface area contributed by atoms with Gasteiger partial charge in [0.2, 0.25) is 0 Å². The number of hydrogen-bond acceptors (Lipinski definition) is 4. The Kier molecular flexibility index (Phi) is 4.62. The monoisotopic (exact) mass is 346 g/mol. The smallest absolute Gasteiger partial charge is 0.408 e. The predicted molar refractivity (Wildman–Crippen MR) is 95.1 cm³/mol. The van der Waals surface area contributed by atoms with Crippen LogP contribution in [-0.2, 0) is 22.4 Å². The third kappa shape index (κ3) is 3.89. The highest BCUT2D eigenvalue weighted by molar-refractivity contribution is 6.00. The van der Waals surface area contributed by atoms with Crippen LogP contribution in [0.3, 0.4) is 0 Å². The van der Waals surface area contributed by atoms with Crippen LogP contribution in [0, 0.1) is 0 Å². The van der Waals surface area contributed by atoms with Gasteiger partial charge in [-0.3, -0.25) is 4.79 Å². The number of carbonyl (C=O) groups is 2. The van der Waals surface area contributed by atoms with Gasteiger partial charge < -0.3 is 19.7 Å². The van der Waals surface area contributed by atoms with E-state index in [2.05, 4.69) is 11.4 Å². The summed E-state index contributed by atoms with van der Waals surface area (Å²) in [5.41, 5.74) is 2.72. The molecule has 1 aliphatic carbocycles. The van der Waals surface area contributed by atoms with Gasteiger partial charge in [0, 0.05) is 7.05 Å². The third-order valence-corrected chi connectivity index (χ3v) is 4.51. The zero-order valence-corrected chi connectivity index (χ0v) is 15.3. The molecular formula is C19H26N2O4. The van der Waals surface area contributed by atoms with Crippen LogP contribution in [0.1, 0.15) is 44.7 Å². The van der Waals surface area contributed by atoms with E-state index in [9.17, 15) is 9.59 Å². The van der Waals surface area contributed by atoms with Crippen LogP contribution in [0.5, 0.6) is 5.75 Å². The molecule has 25 heavy (non-hydrogen) atoms. The largest absolute Gasteiger partial charge is 0.489 e. The van der Waals surface area contributed by atoms with Gasteiger partial charge in [0.25, 0.3) is 5.91 Å². The van der Waals surface area contributed by atoms with Gasteiger partial charge in [-0.2, -0.15) is 0 Å². The number of nitrogens with zero attached hydrogens (tertiary/aromatic N) is 1. The molecule has 1 aromatic carbocycles. The lowest BCUT2D eigenvalue weighted by Crippen LogP contribution is -2.50.